The minimum absolute atomic E-state index is 0.149. The van der Waals surface area contributed by atoms with E-state index in [4.69, 9.17) is 15.6 Å². The Hall–Kier alpha value is -2.81. The lowest BCUT2D eigenvalue weighted by Crippen LogP contribution is -2.52. The second-order valence-corrected chi connectivity index (χ2v) is 5.69. The Morgan fingerprint density at radius 2 is 2.33 bits per heavy atom. The van der Waals surface area contributed by atoms with Crippen LogP contribution in [0.5, 0.6) is 0 Å². The van der Waals surface area contributed by atoms with Crippen molar-refractivity contribution in [1.29, 1.82) is 0 Å². The number of piperidine rings is 1. The average Bonchev–Trinajstić information content (AvgIpc) is 3.04. The highest BCUT2D eigenvalue weighted by Gasteiger charge is 2.32. The van der Waals surface area contributed by atoms with E-state index in [0.717, 1.165) is 5.39 Å². The minimum atomic E-state index is -0.967. The van der Waals surface area contributed by atoms with Gasteiger partial charge in [0, 0.05) is 31.4 Å². The van der Waals surface area contributed by atoms with Gasteiger partial charge in [0.25, 0.3) is 5.91 Å². The fourth-order valence-electron chi connectivity index (χ4n) is 3.03. The number of carbonyl (C=O) groups excluding carboxylic acids is 1. The van der Waals surface area contributed by atoms with Gasteiger partial charge >= 0.3 is 6.09 Å². The lowest BCUT2D eigenvalue weighted by molar-refractivity contribution is 0.0249. The van der Waals surface area contributed by atoms with Gasteiger partial charge in [-0.05, 0) is 12.5 Å². The molecule has 1 fully saturated rings. The van der Waals surface area contributed by atoms with Crippen molar-refractivity contribution in [2.24, 2.45) is 5.73 Å². The number of primary amides is 1. The van der Waals surface area contributed by atoms with Crippen LogP contribution in [0.4, 0.5) is 10.5 Å². The number of carbonyl (C=O) groups is 2. The Morgan fingerprint density at radius 1 is 1.54 bits per heavy atom. The van der Waals surface area contributed by atoms with Crippen LogP contribution in [-0.2, 0) is 4.74 Å². The Labute approximate surface area is 137 Å². The van der Waals surface area contributed by atoms with Crippen molar-refractivity contribution >= 4 is 28.7 Å². The van der Waals surface area contributed by atoms with Crippen molar-refractivity contribution in [3.63, 3.8) is 0 Å². The number of nitrogens with zero attached hydrogens (tertiary/aromatic N) is 2. The summed E-state index contributed by atoms with van der Waals surface area (Å²) in [5.41, 5.74) is 6.98. The highest BCUT2D eigenvalue weighted by Crippen LogP contribution is 2.28. The first kappa shape index (κ1) is 16.1. The van der Waals surface area contributed by atoms with Crippen molar-refractivity contribution in [3.8, 4) is 0 Å². The zero-order valence-electron chi connectivity index (χ0n) is 13.2. The second-order valence-electron chi connectivity index (χ2n) is 5.69. The fourth-order valence-corrected chi connectivity index (χ4v) is 3.03. The van der Waals surface area contributed by atoms with Crippen LogP contribution in [0.1, 0.15) is 16.8 Å². The van der Waals surface area contributed by atoms with Gasteiger partial charge in [0.2, 0.25) is 0 Å². The number of fused-ring (bicyclic) bond motifs is 1. The molecule has 3 heterocycles. The fraction of sp³-hybridized carbons (Fsp3) is 0.400. The number of ether oxygens (including phenoxy) is 1. The molecule has 2 aromatic rings. The van der Waals surface area contributed by atoms with E-state index in [1.54, 1.807) is 6.20 Å². The third-order valence-electron chi connectivity index (χ3n) is 4.31. The van der Waals surface area contributed by atoms with E-state index in [1.807, 2.05) is 6.07 Å². The van der Waals surface area contributed by atoms with Gasteiger partial charge in [-0.3, -0.25) is 4.79 Å². The zero-order chi connectivity index (χ0) is 17.3. The molecule has 0 aliphatic carbocycles. The van der Waals surface area contributed by atoms with E-state index in [2.05, 4.69) is 15.3 Å². The maximum atomic E-state index is 11.7. The molecule has 128 valence electrons. The Balaban J connectivity index is 1.91. The van der Waals surface area contributed by atoms with Crippen molar-refractivity contribution in [3.05, 3.63) is 24.0 Å². The van der Waals surface area contributed by atoms with Gasteiger partial charge in [0.05, 0.1) is 29.9 Å². The molecule has 1 aliphatic rings. The van der Waals surface area contributed by atoms with Crippen molar-refractivity contribution in [1.82, 2.24) is 14.9 Å². The Bertz CT molecular complexity index is 774. The van der Waals surface area contributed by atoms with E-state index >= 15 is 0 Å². The number of rotatable bonds is 4. The van der Waals surface area contributed by atoms with Crippen LogP contribution in [-0.4, -0.2) is 64.3 Å². The minimum Gasteiger partial charge on any atom is -0.465 e. The zero-order valence-corrected chi connectivity index (χ0v) is 13.2. The summed E-state index contributed by atoms with van der Waals surface area (Å²) in [7, 11) is 1.54. The molecule has 0 unspecified atom stereocenters. The maximum Gasteiger partial charge on any atom is 0.407 e. The van der Waals surface area contributed by atoms with Crippen molar-refractivity contribution in [2.75, 3.05) is 25.5 Å². The van der Waals surface area contributed by atoms with Crippen LogP contribution in [0, 0.1) is 0 Å². The van der Waals surface area contributed by atoms with Crippen molar-refractivity contribution < 1.29 is 19.4 Å². The quantitative estimate of drug-likeness (QED) is 0.655. The highest BCUT2D eigenvalue weighted by molar-refractivity contribution is 6.06. The summed E-state index contributed by atoms with van der Waals surface area (Å²) in [5, 5.41) is 13.2. The summed E-state index contributed by atoms with van der Waals surface area (Å²) in [6.45, 7) is 0.650. The van der Waals surface area contributed by atoms with E-state index in [0.29, 0.717) is 24.3 Å². The molecular formula is C15H19N5O4. The normalized spacial score (nSPS) is 21.0. The summed E-state index contributed by atoms with van der Waals surface area (Å²) in [6, 6.07) is 1.66. The SMILES string of the molecule is CO[C@@H]1CN(C(=O)O)CC[C@@H]1Nc1c(C(N)=O)cnc2[nH]ccc12. The highest BCUT2D eigenvalue weighted by atomic mass is 16.5. The number of nitrogens with one attached hydrogen (secondary N) is 2. The Kier molecular flexibility index (Phi) is 4.26. The van der Waals surface area contributed by atoms with Gasteiger partial charge in [-0.25, -0.2) is 9.78 Å². The van der Waals surface area contributed by atoms with Crippen LogP contribution < -0.4 is 11.1 Å². The molecule has 1 saturated heterocycles. The molecule has 0 aromatic carbocycles. The van der Waals surface area contributed by atoms with Crippen LogP contribution in [0.15, 0.2) is 18.5 Å². The number of anilines is 1. The van der Waals surface area contributed by atoms with Crippen molar-refractivity contribution in [2.45, 2.75) is 18.6 Å². The van der Waals surface area contributed by atoms with Gasteiger partial charge in [0.15, 0.2) is 0 Å². The van der Waals surface area contributed by atoms with Gasteiger partial charge in [0.1, 0.15) is 5.65 Å². The van der Waals surface area contributed by atoms with E-state index in [-0.39, 0.29) is 24.3 Å². The van der Waals surface area contributed by atoms with Crippen LogP contribution in [0.3, 0.4) is 0 Å². The van der Waals surface area contributed by atoms with Crippen LogP contribution in [0.2, 0.25) is 0 Å². The van der Waals surface area contributed by atoms with Crippen LogP contribution >= 0.6 is 0 Å². The molecule has 0 bridgehead atoms. The predicted molar refractivity (Wildman–Crippen MR) is 87.0 cm³/mol. The lowest BCUT2D eigenvalue weighted by Gasteiger charge is -2.37. The molecule has 1 aliphatic heterocycles. The number of H-pyrrole nitrogens is 1. The molecule has 0 spiro atoms. The first-order chi connectivity index (χ1) is 11.5. The third-order valence-corrected chi connectivity index (χ3v) is 4.31. The topological polar surface area (TPSA) is 134 Å². The van der Waals surface area contributed by atoms with E-state index in [1.165, 1.54) is 18.2 Å². The molecule has 2 aromatic heterocycles. The Morgan fingerprint density at radius 3 is 3.00 bits per heavy atom. The molecule has 9 nitrogen and oxygen atoms in total. The summed E-state index contributed by atoms with van der Waals surface area (Å²) in [5.74, 6) is -0.579. The van der Waals surface area contributed by atoms with Gasteiger partial charge in [-0.1, -0.05) is 0 Å². The molecule has 3 rings (SSSR count). The summed E-state index contributed by atoms with van der Waals surface area (Å²) < 4.78 is 5.44. The number of aromatic nitrogens is 2. The van der Waals surface area contributed by atoms with Gasteiger partial charge in [-0.2, -0.15) is 0 Å². The number of carboxylic acid groups (broad SMARTS) is 1. The first-order valence-electron chi connectivity index (χ1n) is 7.54. The standard InChI is InChI=1S/C15H19N5O4/c1-24-11-7-20(15(22)23)5-3-10(11)19-12-8-2-4-17-14(8)18-6-9(12)13(16)21/h2,4,6,10-11H,3,5,7H2,1H3,(H2,16,21)(H,22,23)(H2,17,18,19)/t10-,11+/m0/s1. The average molecular weight is 333 g/mol. The number of methoxy groups -OCH3 is 1. The molecule has 24 heavy (non-hydrogen) atoms. The smallest absolute Gasteiger partial charge is 0.407 e. The number of hydrogen-bond acceptors (Lipinski definition) is 5. The molecular weight excluding hydrogens is 314 g/mol. The second kappa shape index (κ2) is 6.36. The molecule has 9 heteroatoms. The molecule has 2 amide bonds. The third kappa shape index (κ3) is 2.85. The van der Waals surface area contributed by atoms with E-state index < -0.39 is 12.0 Å². The number of pyridine rings is 1. The largest absolute Gasteiger partial charge is 0.465 e. The number of likely N-dealkylation sites (tertiary alicyclic amines) is 1. The lowest BCUT2D eigenvalue weighted by atomic mass is 10.0. The molecule has 2 atom stereocenters. The number of nitrogens with two attached hydrogens (primary N) is 1. The number of aromatic amines is 1. The molecule has 5 N–H and O–H groups in total. The summed E-state index contributed by atoms with van der Waals surface area (Å²) in [4.78, 5) is 31.4. The van der Waals surface area contributed by atoms with Gasteiger partial charge < -0.3 is 30.8 Å². The first-order valence-corrected chi connectivity index (χ1v) is 7.54. The van der Waals surface area contributed by atoms with Crippen LogP contribution in [0.25, 0.3) is 11.0 Å². The van der Waals surface area contributed by atoms with Gasteiger partial charge in [-0.15, -0.1) is 0 Å². The summed E-state index contributed by atoms with van der Waals surface area (Å²) in [6.07, 6.45) is 2.41. The molecule has 0 radical (unpaired) electrons. The number of amides is 2. The number of hydrogen-bond donors (Lipinski definition) is 4. The summed E-state index contributed by atoms with van der Waals surface area (Å²) >= 11 is 0. The maximum absolute atomic E-state index is 11.7. The van der Waals surface area contributed by atoms with E-state index in [9.17, 15) is 9.59 Å². The predicted octanol–water partition coefficient (Wildman–Crippen LogP) is 0.841. The molecule has 0 saturated carbocycles. The monoisotopic (exact) mass is 333 g/mol.